The fraction of sp³-hybridized carbons (Fsp3) is 0.0149. The van der Waals surface area contributed by atoms with Crippen molar-refractivity contribution in [2.24, 2.45) is 0 Å². The number of pyridine rings is 2. The SMILES string of the molecule is c1ccc(-n2c3ccccc3c3cc4c5ccc6c7c5c5n(cc[n+]5C75c7c(ccc8c9cc%10c%11ccccc%11n(-c%11ccccc%11)c%10cc9n9cc[n+]5c9c78)[Si]6(c5ccccc5)c5ccccc5)c4cc32)cc1. The second-order valence-electron chi connectivity index (χ2n) is 20.8. The molecule has 0 fully saturated rings. The molecule has 74 heavy (non-hydrogen) atoms. The molecule has 340 valence electrons. The summed E-state index contributed by atoms with van der Waals surface area (Å²) in [5, 5.41) is 18.6. The molecular formula is C67H40N6Si+2. The van der Waals surface area contributed by atoms with Gasteiger partial charge in [-0.1, -0.05) is 158 Å². The highest BCUT2D eigenvalue weighted by Gasteiger charge is 2.68. The molecule has 3 aliphatic rings. The Morgan fingerprint density at radius 2 is 0.716 bits per heavy atom. The van der Waals surface area contributed by atoms with E-state index in [0.717, 1.165) is 11.4 Å². The van der Waals surface area contributed by atoms with Crippen LogP contribution in [0.25, 0.3) is 110 Å². The van der Waals surface area contributed by atoms with Gasteiger partial charge in [-0.2, -0.15) is 17.9 Å². The van der Waals surface area contributed by atoms with Crippen molar-refractivity contribution in [3.05, 3.63) is 254 Å². The number of nitrogens with zero attached hydrogens (tertiary/aromatic N) is 6. The van der Waals surface area contributed by atoms with Crippen LogP contribution in [0.2, 0.25) is 0 Å². The second kappa shape index (κ2) is 12.9. The molecule has 0 radical (unpaired) electrons. The molecule has 0 saturated heterocycles. The van der Waals surface area contributed by atoms with Gasteiger partial charge in [-0.25, -0.2) is 0 Å². The first kappa shape index (κ1) is 38.2. The van der Waals surface area contributed by atoms with Crippen LogP contribution >= 0.6 is 0 Å². The van der Waals surface area contributed by atoms with E-state index in [9.17, 15) is 0 Å². The summed E-state index contributed by atoms with van der Waals surface area (Å²) in [5.74, 6) is 0. The predicted octanol–water partition coefficient (Wildman–Crippen LogP) is 11.2. The lowest BCUT2D eigenvalue weighted by Crippen LogP contribution is -2.84. The first-order chi connectivity index (χ1) is 36.7. The average molecular weight is 957 g/mol. The summed E-state index contributed by atoms with van der Waals surface area (Å²) in [4.78, 5) is 0. The molecule has 0 unspecified atom stereocenters. The van der Waals surface area contributed by atoms with Crippen LogP contribution in [0.4, 0.5) is 0 Å². The molecule has 19 rings (SSSR count). The standard InChI is InChI=1S/C67H40N6Si/c1-5-17-41(18-6-1)72-53-27-15-13-25-45(53)49-37-51-47-29-31-59-63-61(47)65-68(55(51)39-57(49)72)33-35-70(65)67(63)64-60(74(59,43-21-9-3-10-22-43)44-23-11-4-12-24-44)32-30-48-52-38-50-46-26-14-16-28-54(46)73(42-19-7-2-8-20-42)58(50)40-56(52)69-34-36-71(67)66(69)62(48)64/h1-40H/q+2. The quantitative estimate of drug-likeness (QED) is 0.0955. The summed E-state index contributed by atoms with van der Waals surface area (Å²) in [7, 11) is -3.07. The minimum Gasteiger partial charge on any atom is -0.309 e. The number of fused-ring (bicyclic) bond motifs is 12. The van der Waals surface area contributed by atoms with Gasteiger partial charge >= 0.3 is 5.66 Å². The number of hydrogen-bond acceptors (Lipinski definition) is 0. The largest absolute Gasteiger partial charge is 0.309 e. The molecule has 10 aromatic carbocycles. The fourth-order valence-electron chi connectivity index (χ4n) is 15.2. The number of rotatable bonds is 4. The van der Waals surface area contributed by atoms with Crippen molar-refractivity contribution >= 4 is 127 Å². The molecule has 1 spiro atoms. The van der Waals surface area contributed by atoms with Gasteiger partial charge in [0, 0.05) is 66.6 Å². The van der Waals surface area contributed by atoms with E-state index in [1.165, 1.54) is 130 Å². The average Bonchev–Trinajstić information content (AvgIpc) is 4.49. The van der Waals surface area contributed by atoms with E-state index in [1.54, 1.807) is 0 Å². The number of hydrogen-bond donors (Lipinski definition) is 0. The topological polar surface area (TPSA) is 26.4 Å². The zero-order valence-electron chi connectivity index (χ0n) is 39.8. The molecule has 0 N–H and O–H groups in total. The van der Waals surface area contributed by atoms with E-state index in [-0.39, 0.29) is 0 Å². The number of benzene rings is 10. The minimum atomic E-state index is -3.07. The molecular weight excluding hydrogens is 917 g/mol. The van der Waals surface area contributed by atoms with Crippen molar-refractivity contribution in [2.75, 3.05) is 0 Å². The summed E-state index contributed by atoms with van der Waals surface area (Å²) in [5.41, 5.74) is 14.2. The third-order valence-corrected chi connectivity index (χ3v) is 22.7. The zero-order valence-corrected chi connectivity index (χ0v) is 40.8. The Hall–Kier alpha value is -9.56. The number of aromatic nitrogens is 6. The van der Waals surface area contributed by atoms with Gasteiger partial charge in [-0.15, -0.1) is 0 Å². The van der Waals surface area contributed by atoms with Crippen molar-refractivity contribution < 1.29 is 9.13 Å². The molecule has 3 aliphatic heterocycles. The monoisotopic (exact) mass is 956 g/mol. The fourth-order valence-corrected chi connectivity index (χ4v) is 20.5. The van der Waals surface area contributed by atoms with Crippen LogP contribution < -0.4 is 29.9 Å². The van der Waals surface area contributed by atoms with Crippen molar-refractivity contribution in [1.29, 1.82) is 0 Å². The van der Waals surface area contributed by atoms with E-state index in [2.05, 4.69) is 270 Å². The Labute approximate surface area is 423 Å². The van der Waals surface area contributed by atoms with Crippen LogP contribution in [0.3, 0.4) is 0 Å². The van der Waals surface area contributed by atoms with Gasteiger partial charge in [0.2, 0.25) is 0 Å². The molecule has 0 aliphatic carbocycles. The Kier molecular flexibility index (Phi) is 6.65. The summed E-state index contributed by atoms with van der Waals surface area (Å²) >= 11 is 0. The zero-order chi connectivity index (χ0) is 47.8. The van der Waals surface area contributed by atoms with E-state index in [4.69, 9.17) is 0 Å². The van der Waals surface area contributed by atoms with Crippen LogP contribution in [0.1, 0.15) is 11.1 Å². The molecule has 6 nitrogen and oxygen atoms in total. The molecule has 7 heteroatoms. The Bertz CT molecular complexity index is 4910. The molecule has 9 heterocycles. The number of imidazole rings is 2. The van der Waals surface area contributed by atoms with Crippen molar-refractivity contribution in [2.45, 2.75) is 5.66 Å². The first-order valence-electron chi connectivity index (χ1n) is 25.8. The van der Waals surface area contributed by atoms with Gasteiger partial charge in [0.05, 0.1) is 44.0 Å². The van der Waals surface area contributed by atoms with Gasteiger partial charge in [0.1, 0.15) is 35.8 Å². The second-order valence-corrected chi connectivity index (χ2v) is 24.6. The maximum atomic E-state index is 2.68. The first-order valence-corrected chi connectivity index (χ1v) is 27.8. The number of para-hydroxylation sites is 4. The molecule has 16 aromatic rings. The summed E-state index contributed by atoms with van der Waals surface area (Å²) in [6.45, 7) is 0. The van der Waals surface area contributed by atoms with E-state index >= 15 is 0 Å². The third-order valence-electron chi connectivity index (χ3n) is 17.8. The predicted molar refractivity (Wildman–Crippen MR) is 303 cm³/mol. The molecule has 0 amide bonds. The van der Waals surface area contributed by atoms with E-state index < -0.39 is 13.7 Å². The molecule has 0 atom stereocenters. The highest BCUT2D eigenvalue weighted by Crippen LogP contribution is 2.51. The Balaban J connectivity index is 1.02. The van der Waals surface area contributed by atoms with Gasteiger partial charge < -0.3 is 9.13 Å². The molecule has 0 bridgehead atoms. The summed E-state index contributed by atoms with van der Waals surface area (Å²) < 4.78 is 15.3. The Morgan fingerprint density at radius 1 is 0.324 bits per heavy atom. The summed E-state index contributed by atoms with van der Waals surface area (Å²) in [6, 6.07) is 82.8. The maximum absolute atomic E-state index is 3.07. The smallest absolute Gasteiger partial charge is 0.308 e. The summed E-state index contributed by atoms with van der Waals surface area (Å²) in [6.07, 6.45) is 9.51. The Morgan fingerprint density at radius 3 is 1.16 bits per heavy atom. The van der Waals surface area contributed by atoms with Crippen molar-refractivity contribution in [3.63, 3.8) is 0 Å². The lowest BCUT2D eigenvalue weighted by molar-refractivity contribution is -0.944. The highest BCUT2D eigenvalue weighted by molar-refractivity contribution is 7.20. The highest BCUT2D eigenvalue weighted by atomic mass is 28.3. The molecule has 6 aromatic heterocycles. The third kappa shape index (κ3) is 4.08. The normalized spacial score (nSPS) is 14.7. The van der Waals surface area contributed by atoms with E-state index in [0.29, 0.717) is 0 Å². The maximum Gasteiger partial charge on any atom is 0.308 e. The lowest BCUT2D eigenvalue weighted by Gasteiger charge is -2.43. The minimum absolute atomic E-state index is 0.705. The van der Waals surface area contributed by atoms with Gasteiger partial charge in [0.25, 0.3) is 11.3 Å². The molecule has 0 saturated carbocycles. The van der Waals surface area contributed by atoms with Crippen LogP contribution in [0, 0.1) is 0 Å². The van der Waals surface area contributed by atoms with Crippen molar-refractivity contribution in [3.8, 4) is 11.4 Å². The van der Waals surface area contributed by atoms with E-state index in [1.807, 2.05) is 0 Å². The van der Waals surface area contributed by atoms with Gasteiger partial charge in [-0.05, 0) is 69.3 Å². The van der Waals surface area contributed by atoms with Crippen LogP contribution in [-0.4, -0.2) is 26.0 Å². The van der Waals surface area contributed by atoms with Crippen LogP contribution in [-0.2, 0) is 5.66 Å². The van der Waals surface area contributed by atoms with Gasteiger partial charge in [0.15, 0.2) is 8.07 Å². The van der Waals surface area contributed by atoms with Gasteiger partial charge in [-0.3, -0.25) is 0 Å². The lowest BCUT2D eigenvalue weighted by atomic mass is 9.87. The van der Waals surface area contributed by atoms with Crippen LogP contribution in [0.5, 0.6) is 0 Å². The van der Waals surface area contributed by atoms with Crippen LogP contribution in [0.15, 0.2) is 243 Å². The van der Waals surface area contributed by atoms with Crippen molar-refractivity contribution in [1.82, 2.24) is 17.9 Å².